The van der Waals surface area contributed by atoms with Gasteiger partial charge in [0.1, 0.15) is 0 Å². The SMILES string of the molecule is CC1(CCOC(=O)c2cc(Cl)cc(Cl)c2Cl)CCCCC1. The molecule has 2 nitrogen and oxygen atoms in total. The van der Waals surface area contributed by atoms with Crippen LogP contribution in [-0.4, -0.2) is 12.6 Å². The van der Waals surface area contributed by atoms with Gasteiger partial charge in [-0.25, -0.2) is 4.79 Å². The Labute approximate surface area is 140 Å². The maximum absolute atomic E-state index is 12.1. The van der Waals surface area contributed by atoms with E-state index in [1.54, 1.807) is 0 Å². The molecule has 0 saturated heterocycles. The zero-order valence-corrected chi connectivity index (χ0v) is 14.3. The Balaban J connectivity index is 1.93. The van der Waals surface area contributed by atoms with Crippen molar-refractivity contribution in [1.29, 1.82) is 0 Å². The zero-order chi connectivity index (χ0) is 15.5. The molecule has 0 radical (unpaired) electrons. The smallest absolute Gasteiger partial charge is 0.339 e. The lowest BCUT2D eigenvalue weighted by Crippen LogP contribution is -2.23. The third-order valence-corrected chi connectivity index (χ3v) is 5.23. The minimum atomic E-state index is -0.469. The van der Waals surface area contributed by atoms with Crippen molar-refractivity contribution in [1.82, 2.24) is 0 Å². The lowest BCUT2D eigenvalue weighted by atomic mass is 9.74. The topological polar surface area (TPSA) is 26.3 Å². The Bertz CT molecular complexity index is 522. The van der Waals surface area contributed by atoms with Gasteiger partial charge in [0.2, 0.25) is 0 Å². The summed E-state index contributed by atoms with van der Waals surface area (Å²) in [5.74, 6) is -0.469. The van der Waals surface area contributed by atoms with Gasteiger partial charge in [-0.3, -0.25) is 0 Å². The molecule has 1 aliphatic rings. The summed E-state index contributed by atoms with van der Waals surface area (Å²) >= 11 is 17.8. The van der Waals surface area contributed by atoms with Crippen LogP contribution in [0, 0.1) is 5.41 Å². The minimum Gasteiger partial charge on any atom is -0.462 e. The standard InChI is InChI=1S/C16H19Cl3O2/c1-16(5-3-2-4-6-16)7-8-21-15(20)12-9-11(17)10-13(18)14(12)19/h9-10H,2-8H2,1H3. The Morgan fingerprint density at radius 2 is 1.86 bits per heavy atom. The Kier molecular flexibility index (Phi) is 5.81. The normalized spacial score (nSPS) is 17.5. The van der Waals surface area contributed by atoms with E-state index in [0.717, 1.165) is 6.42 Å². The van der Waals surface area contributed by atoms with Crippen LogP contribution in [0.25, 0.3) is 0 Å². The summed E-state index contributed by atoms with van der Waals surface area (Å²) in [6, 6.07) is 2.99. The fourth-order valence-corrected chi connectivity index (χ4v) is 3.51. The second kappa shape index (κ2) is 7.21. The molecule has 1 aromatic carbocycles. The molecule has 0 aliphatic heterocycles. The summed E-state index contributed by atoms with van der Waals surface area (Å²) in [6.45, 7) is 2.67. The zero-order valence-electron chi connectivity index (χ0n) is 12.1. The third kappa shape index (κ3) is 4.51. The molecule has 1 aliphatic carbocycles. The fourth-order valence-electron chi connectivity index (χ4n) is 2.83. The Morgan fingerprint density at radius 1 is 1.19 bits per heavy atom. The first-order valence-corrected chi connectivity index (χ1v) is 8.36. The number of benzene rings is 1. The van der Waals surface area contributed by atoms with Gasteiger partial charge < -0.3 is 4.74 Å². The average molecular weight is 350 g/mol. The lowest BCUT2D eigenvalue weighted by molar-refractivity contribution is 0.0423. The van der Waals surface area contributed by atoms with Crippen LogP contribution in [0.5, 0.6) is 0 Å². The number of esters is 1. The number of hydrogen-bond donors (Lipinski definition) is 0. The maximum atomic E-state index is 12.1. The van der Waals surface area contributed by atoms with Gasteiger partial charge in [0.15, 0.2) is 0 Å². The number of rotatable bonds is 4. The van der Waals surface area contributed by atoms with E-state index < -0.39 is 5.97 Å². The molecule has 5 heteroatoms. The predicted octanol–water partition coefficient (Wildman–Crippen LogP) is 6.16. The van der Waals surface area contributed by atoms with Gasteiger partial charge in [-0.2, -0.15) is 0 Å². The number of carbonyl (C=O) groups excluding carboxylic acids is 1. The van der Waals surface area contributed by atoms with E-state index in [-0.39, 0.29) is 21.0 Å². The van der Waals surface area contributed by atoms with E-state index in [1.807, 2.05) is 0 Å². The van der Waals surface area contributed by atoms with Gasteiger partial charge in [0.05, 0.1) is 22.2 Å². The van der Waals surface area contributed by atoms with Crippen molar-refractivity contribution in [3.8, 4) is 0 Å². The second-order valence-corrected chi connectivity index (χ2v) is 7.23. The number of hydrogen-bond acceptors (Lipinski definition) is 2. The van der Waals surface area contributed by atoms with Crippen LogP contribution in [0.3, 0.4) is 0 Å². The van der Waals surface area contributed by atoms with E-state index in [1.165, 1.54) is 44.2 Å². The van der Waals surface area contributed by atoms with Crippen molar-refractivity contribution in [2.24, 2.45) is 5.41 Å². The van der Waals surface area contributed by atoms with Gasteiger partial charge in [0, 0.05) is 5.02 Å². The molecule has 1 aromatic rings. The highest BCUT2D eigenvalue weighted by Crippen LogP contribution is 2.38. The summed E-state index contributed by atoms with van der Waals surface area (Å²) in [5.41, 5.74) is 0.511. The molecule has 0 N–H and O–H groups in total. The molecule has 1 saturated carbocycles. The van der Waals surface area contributed by atoms with Crippen molar-refractivity contribution in [2.45, 2.75) is 45.4 Å². The molecule has 0 bridgehead atoms. The molecule has 21 heavy (non-hydrogen) atoms. The number of ether oxygens (including phenoxy) is 1. The molecule has 0 unspecified atom stereocenters. The number of halogens is 3. The van der Waals surface area contributed by atoms with Gasteiger partial charge in [0.25, 0.3) is 0 Å². The molecular formula is C16H19Cl3O2. The van der Waals surface area contributed by atoms with Crippen molar-refractivity contribution < 1.29 is 9.53 Å². The van der Waals surface area contributed by atoms with Crippen LogP contribution >= 0.6 is 34.8 Å². The summed E-state index contributed by atoms with van der Waals surface area (Å²) in [7, 11) is 0. The molecule has 0 aromatic heterocycles. The summed E-state index contributed by atoms with van der Waals surface area (Å²) in [4.78, 5) is 12.1. The van der Waals surface area contributed by atoms with Crippen molar-refractivity contribution in [2.75, 3.05) is 6.61 Å². The van der Waals surface area contributed by atoms with Crippen LogP contribution in [0.4, 0.5) is 0 Å². The molecular weight excluding hydrogens is 331 g/mol. The first kappa shape index (κ1) is 16.9. The summed E-state index contributed by atoms with van der Waals surface area (Å²) in [5, 5.41) is 0.820. The fraction of sp³-hybridized carbons (Fsp3) is 0.562. The van der Waals surface area contributed by atoms with Crippen LogP contribution in [0.15, 0.2) is 12.1 Å². The highest BCUT2D eigenvalue weighted by Gasteiger charge is 2.27. The van der Waals surface area contributed by atoms with E-state index in [4.69, 9.17) is 39.5 Å². The second-order valence-electron chi connectivity index (χ2n) is 6.01. The van der Waals surface area contributed by atoms with E-state index >= 15 is 0 Å². The predicted molar refractivity (Wildman–Crippen MR) is 87.6 cm³/mol. The van der Waals surface area contributed by atoms with Crippen LogP contribution < -0.4 is 0 Å². The number of carbonyl (C=O) groups is 1. The highest BCUT2D eigenvalue weighted by molar-refractivity contribution is 6.45. The van der Waals surface area contributed by atoms with Crippen molar-refractivity contribution in [3.63, 3.8) is 0 Å². The summed E-state index contributed by atoms with van der Waals surface area (Å²) in [6.07, 6.45) is 7.12. The van der Waals surface area contributed by atoms with E-state index in [2.05, 4.69) is 6.92 Å². The lowest BCUT2D eigenvalue weighted by Gasteiger charge is -2.33. The first-order valence-electron chi connectivity index (χ1n) is 7.23. The van der Waals surface area contributed by atoms with Crippen molar-refractivity contribution >= 4 is 40.8 Å². The summed E-state index contributed by atoms with van der Waals surface area (Å²) < 4.78 is 5.35. The molecule has 0 amide bonds. The van der Waals surface area contributed by atoms with Crippen LogP contribution in [0.2, 0.25) is 15.1 Å². The quantitative estimate of drug-likeness (QED) is 0.480. The van der Waals surface area contributed by atoms with Crippen LogP contribution in [0.1, 0.15) is 55.8 Å². The van der Waals surface area contributed by atoms with Crippen LogP contribution in [-0.2, 0) is 4.74 Å². The minimum absolute atomic E-state index is 0.190. The van der Waals surface area contributed by atoms with Gasteiger partial charge >= 0.3 is 5.97 Å². The molecule has 0 heterocycles. The van der Waals surface area contributed by atoms with Gasteiger partial charge in [-0.15, -0.1) is 0 Å². The molecule has 116 valence electrons. The maximum Gasteiger partial charge on any atom is 0.339 e. The molecule has 2 rings (SSSR count). The van der Waals surface area contributed by atoms with Gasteiger partial charge in [-0.1, -0.05) is 61.0 Å². The molecule has 1 fully saturated rings. The van der Waals surface area contributed by atoms with Crippen molar-refractivity contribution in [3.05, 3.63) is 32.8 Å². The monoisotopic (exact) mass is 348 g/mol. The Morgan fingerprint density at radius 3 is 2.52 bits per heavy atom. The van der Waals surface area contributed by atoms with Gasteiger partial charge in [-0.05, 0) is 36.8 Å². The van der Waals surface area contributed by atoms with E-state index in [9.17, 15) is 4.79 Å². The third-order valence-electron chi connectivity index (χ3n) is 4.21. The highest BCUT2D eigenvalue weighted by atomic mass is 35.5. The average Bonchev–Trinajstić information content (AvgIpc) is 2.43. The molecule has 0 spiro atoms. The first-order chi connectivity index (χ1) is 9.91. The molecule has 0 atom stereocenters. The Hall–Kier alpha value is -0.440. The largest absolute Gasteiger partial charge is 0.462 e. The van der Waals surface area contributed by atoms with E-state index in [0.29, 0.717) is 11.6 Å².